The van der Waals surface area contributed by atoms with Gasteiger partial charge in [0.2, 0.25) is 5.91 Å². The van der Waals surface area contributed by atoms with Crippen molar-refractivity contribution in [3.63, 3.8) is 0 Å². The van der Waals surface area contributed by atoms with E-state index in [1.54, 1.807) is 36.5 Å². The first-order valence-corrected chi connectivity index (χ1v) is 7.75. The highest BCUT2D eigenvalue weighted by atomic mass is 17.2. The minimum absolute atomic E-state index is 0.212. The molecule has 0 fully saturated rings. The van der Waals surface area contributed by atoms with Crippen LogP contribution in [0.5, 0.6) is 11.5 Å². The molecular weight excluding hydrogens is 336 g/mol. The van der Waals surface area contributed by atoms with Crippen molar-refractivity contribution in [1.82, 2.24) is 4.98 Å². The Kier molecular flexibility index (Phi) is 4.98. The Hall–Kier alpha value is -3.61. The van der Waals surface area contributed by atoms with E-state index in [2.05, 4.69) is 10.3 Å². The molecule has 132 valence electrons. The van der Waals surface area contributed by atoms with Crippen molar-refractivity contribution >= 4 is 28.5 Å². The summed E-state index contributed by atoms with van der Waals surface area (Å²) in [6, 6.07) is 13.3. The third-order valence-corrected chi connectivity index (χ3v) is 3.49. The fourth-order valence-electron chi connectivity index (χ4n) is 2.35. The monoisotopic (exact) mass is 352 g/mol. The Morgan fingerprint density at radius 2 is 1.85 bits per heavy atom. The fourth-order valence-corrected chi connectivity index (χ4v) is 2.35. The number of carbonyl (C=O) groups is 2. The lowest BCUT2D eigenvalue weighted by molar-refractivity contribution is -0.149. The highest BCUT2D eigenvalue weighted by molar-refractivity contribution is 5.94. The van der Waals surface area contributed by atoms with Gasteiger partial charge in [-0.1, -0.05) is 6.07 Å². The first kappa shape index (κ1) is 17.2. The number of rotatable bonds is 5. The molecule has 2 aromatic carbocycles. The Morgan fingerprint density at radius 3 is 2.62 bits per heavy atom. The predicted molar refractivity (Wildman–Crippen MR) is 95.1 cm³/mol. The molecular formula is C19H16N2O5. The molecule has 0 aliphatic carbocycles. The quantitative estimate of drug-likeness (QED) is 0.560. The van der Waals surface area contributed by atoms with Crippen molar-refractivity contribution in [2.75, 3.05) is 12.4 Å². The molecule has 7 nitrogen and oxygen atoms in total. The third-order valence-electron chi connectivity index (χ3n) is 3.49. The van der Waals surface area contributed by atoms with E-state index in [9.17, 15) is 9.59 Å². The van der Waals surface area contributed by atoms with Gasteiger partial charge >= 0.3 is 5.97 Å². The normalized spacial score (nSPS) is 10.2. The Bertz CT molecular complexity index is 971. The smallest absolute Gasteiger partial charge is 0.386 e. The molecule has 0 saturated heterocycles. The number of nitrogens with zero attached hydrogens (tertiary/aromatic N) is 1. The van der Waals surface area contributed by atoms with E-state index in [-0.39, 0.29) is 11.7 Å². The van der Waals surface area contributed by atoms with Crippen molar-refractivity contribution in [3.8, 4) is 11.5 Å². The van der Waals surface area contributed by atoms with Gasteiger partial charge in [0, 0.05) is 42.4 Å². The van der Waals surface area contributed by atoms with Gasteiger partial charge in [-0.25, -0.2) is 9.68 Å². The Labute approximate surface area is 149 Å². The number of benzene rings is 2. The van der Waals surface area contributed by atoms with Gasteiger partial charge in [0.1, 0.15) is 5.75 Å². The van der Waals surface area contributed by atoms with Gasteiger partial charge in [-0.2, -0.15) is 0 Å². The molecule has 0 spiro atoms. The average Bonchev–Trinajstić information content (AvgIpc) is 2.65. The van der Waals surface area contributed by atoms with E-state index in [0.717, 1.165) is 10.9 Å². The van der Waals surface area contributed by atoms with Crippen LogP contribution in [-0.4, -0.2) is 24.0 Å². The summed E-state index contributed by atoms with van der Waals surface area (Å²) in [4.78, 5) is 37.6. The van der Waals surface area contributed by atoms with Gasteiger partial charge in [-0.05, 0) is 24.3 Å². The lowest BCUT2D eigenvalue weighted by Gasteiger charge is -2.09. The summed E-state index contributed by atoms with van der Waals surface area (Å²) < 4.78 is 5.14. The first-order valence-electron chi connectivity index (χ1n) is 7.75. The molecule has 1 amide bonds. The van der Waals surface area contributed by atoms with E-state index in [1.807, 2.05) is 6.07 Å². The van der Waals surface area contributed by atoms with Crippen LogP contribution in [0.3, 0.4) is 0 Å². The number of hydrogen-bond donors (Lipinski definition) is 1. The molecule has 0 unspecified atom stereocenters. The first-order chi connectivity index (χ1) is 12.5. The number of nitrogens with one attached hydrogen (secondary N) is 1. The van der Waals surface area contributed by atoms with Crippen LogP contribution in [0.1, 0.15) is 17.3 Å². The van der Waals surface area contributed by atoms with E-state index in [4.69, 9.17) is 14.5 Å². The standard InChI is InChI=1S/C19H16N2O5/c1-12(22)21-15-9-16(24-2)11-17(10-15)25-26-19(23)14-5-6-18-13(8-14)4-3-7-20-18/h3-11H,1-2H3,(H,21,22). The lowest BCUT2D eigenvalue weighted by Crippen LogP contribution is -2.09. The molecule has 7 heteroatoms. The summed E-state index contributed by atoms with van der Waals surface area (Å²) >= 11 is 0. The van der Waals surface area contributed by atoms with Crippen molar-refractivity contribution in [3.05, 3.63) is 60.3 Å². The van der Waals surface area contributed by atoms with Crippen LogP contribution in [0, 0.1) is 0 Å². The summed E-state index contributed by atoms with van der Waals surface area (Å²) in [6.45, 7) is 1.38. The fraction of sp³-hybridized carbons (Fsp3) is 0.105. The molecule has 1 aromatic heterocycles. The summed E-state index contributed by atoms with van der Waals surface area (Å²) in [5.74, 6) is -0.242. The average molecular weight is 352 g/mol. The zero-order valence-corrected chi connectivity index (χ0v) is 14.2. The van der Waals surface area contributed by atoms with Crippen LogP contribution in [0.2, 0.25) is 0 Å². The minimum Gasteiger partial charge on any atom is -0.497 e. The van der Waals surface area contributed by atoms with E-state index < -0.39 is 5.97 Å². The van der Waals surface area contributed by atoms with Gasteiger partial charge in [-0.3, -0.25) is 14.7 Å². The minimum atomic E-state index is -0.653. The maximum Gasteiger partial charge on any atom is 0.386 e. The Morgan fingerprint density at radius 1 is 1.04 bits per heavy atom. The lowest BCUT2D eigenvalue weighted by atomic mass is 10.1. The van der Waals surface area contributed by atoms with E-state index >= 15 is 0 Å². The topological polar surface area (TPSA) is 86.8 Å². The molecule has 0 aliphatic rings. The number of carbonyl (C=O) groups excluding carboxylic acids is 2. The van der Waals surface area contributed by atoms with Crippen LogP contribution in [0.15, 0.2) is 54.7 Å². The number of ether oxygens (including phenoxy) is 1. The second-order valence-electron chi connectivity index (χ2n) is 5.44. The van der Waals surface area contributed by atoms with Crippen molar-refractivity contribution in [2.45, 2.75) is 6.92 Å². The van der Waals surface area contributed by atoms with Crippen LogP contribution >= 0.6 is 0 Å². The van der Waals surface area contributed by atoms with Gasteiger partial charge < -0.3 is 10.1 Å². The molecule has 0 radical (unpaired) electrons. The molecule has 1 heterocycles. The van der Waals surface area contributed by atoms with E-state index in [0.29, 0.717) is 17.0 Å². The summed E-state index contributed by atoms with van der Waals surface area (Å²) in [6.07, 6.45) is 1.68. The van der Waals surface area contributed by atoms with Crippen molar-refractivity contribution in [1.29, 1.82) is 0 Å². The van der Waals surface area contributed by atoms with E-state index in [1.165, 1.54) is 26.2 Å². The molecule has 0 atom stereocenters. The second-order valence-corrected chi connectivity index (χ2v) is 5.44. The SMILES string of the molecule is COc1cc(NC(C)=O)cc(OOC(=O)c2ccc3ncccc3c2)c1. The highest BCUT2D eigenvalue weighted by Crippen LogP contribution is 2.26. The number of pyridine rings is 1. The molecule has 1 N–H and O–H groups in total. The van der Waals surface area contributed by atoms with Crippen molar-refractivity contribution in [2.24, 2.45) is 0 Å². The summed E-state index contributed by atoms with van der Waals surface area (Å²) in [5.41, 5.74) is 1.56. The van der Waals surface area contributed by atoms with Gasteiger partial charge in [0.05, 0.1) is 18.2 Å². The van der Waals surface area contributed by atoms with Gasteiger partial charge in [-0.15, -0.1) is 0 Å². The largest absolute Gasteiger partial charge is 0.497 e. The number of anilines is 1. The third kappa shape index (κ3) is 4.07. The van der Waals surface area contributed by atoms with Crippen molar-refractivity contribution < 1.29 is 24.1 Å². The molecule has 0 aliphatic heterocycles. The molecule has 3 rings (SSSR count). The predicted octanol–water partition coefficient (Wildman–Crippen LogP) is 3.35. The molecule has 26 heavy (non-hydrogen) atoms. The summed E-state index contributed by atoms with van der Waals surface area (Å²) in [5, 5.41) is 3.43. The number of fused-ring (bicyclic) bond motifs is 1. The van der Waals surface area contributed by atoms with Crippen LogP contribution in [0.4, 0.5) is 5.69 Å². The van der Waals surface area contributed by atoms with Gasteiger partial charge in [0.25, 0.3) is 0 Å². The second kappa shape index (κ2) is 7.52. The zero-order valence-electron chi connectivity index (χ0n) is 14.2. The molecule has 0 bridgehead atoms. The Balaban J connectivity index is 1.74. The number of methoxy groups -OCH3 is 1. The number of amides is 1. The number of hydrogen-bond acceptors (Lipinski definition) is 6. The molecule has 0 saturated carbocycles. The van der Waals surface area contributed by atoms with Crippen LogP contribution in [-0.2, 0) is 9.68 Å². The molecule has 3 aromatic rings. The maximum atomic E-state index is 12.2. The number of aromatic nitrogens is 1. The zero-order chi connectivity index (χ0) is 18.5. The van der Waals surface area contributed by atoms with Gasteiger partial charge in [0.15, 0.2) is 5.75 Å². The highest BCUT2D eigenvalue weighted by Gasteiger charge is 2.12. The summed E-state index contributed by atoms with van der Waals surface area (Å²) in [7, 11) is 1.48. The maximum absolute atomic E-state index is 12.2. The van der Waals surface area contributed by atoms with Crippen LogP contribution in [0.25, 0.3) is 10.9 Å². The van der Waals surface area contributed by atoms with Crippen LogP contribution < -0.4 is 14.9 Å².